The molecule has 0 aromatic heterocycles. The van der Waals surface area contributed by atoms with Crippen molar-refractivity contribution in [3.05, 3.63) is 100 Å². The Labute approximate surface area is 186 Å². The molecule has 0 spiro atoms. The third-order valence-electron chi connectivity index (χ3n) is 5.23. The Kier molecular flexibility index (Phi) is 6.09. The summed E-state index contributed by atoms with van der Waals surface area (Å²) in [6.07, 6.45) is -1.01. The van der Waals surface area contributed by atoms with Gasteiger partial charge in [-0.3, -0.25) is 4.84 Å². The van der Waals surface area contributed by atoms with Crippen molar-refractivity contribution in [1.29, 1.82) is 0 Å². The molecule has 0 amide bonds. The lowest BCUT2D eigenvalue weighted by molar-refractivity contribution is -0.265. The molecular formula is C23H23BrN2O3S. The van der Waals surface area contributed by atoms with Gasteiger partial charge in [-0.15, -0.1) is 0 Å². The first-order valence-corrected chi connectivity index (χ1v) is 11.9. The van der Waals surface area contributed by atoms with Crippen molar-refractivity contribution in [3.63, 3.8) is 0 Å². The number of rotatable bonds is 4. The van der Waals surface area contributed by atoms with Gasteiger partial charge >= 0.3 is 0 Å². The SMILES string of the molecule is Cc1ccc(S(=O)(=O)N2C[C@H](c3ccccc3Br)ON(C)[C@@H]2c2ccccc2)cc1. The lowest BCUT2D eigenvalue weighted by Crippen LogP contribution is -2.50. The van der Waals surface area contributed by atoms with Crippen LogP contribution in [0.3, 0.4) is 0 Å². The molecule has 1 aliphatic heterocycles. The van der Waals surface area contributed by atoms with Gasteiger partial charge in [-0.05, 0) is 36.2 Å². The quantitative estimate of drug-likeness (QED) is 0.516. The fourth-order valence-corrected chi connectivity index (χ4v) is 5.84. The predicted molar refractivity (Wildman–Crippen MR) is 120 cm³/mol. The minimum absolute atomic E-state index is 0.197. The third kappa shape index (κ3) is 4.08. The van der Waals surface area contributed by atoms with Crippen LogP contribution in [-0.2, 0) is 14.9 Å². The smallest absolute Gasteiger partial charge is 0.244 e. The maximum atomic E-state index is 13.7. The van der Waals surface area contributed by atoms with Crippen molar-refractivity contribution < 1.29 is 13.3 Å². The highest BCUT2D eigenvalue weighted by Gasteiger charge is 2.42. The molecule has 0 unspecified atom stereocenters. The van der Waals surface area contributed by atoms with Crippen LogP contribution < -0.4 is 0 Å². The van der Waals surface area contributed by atoms with Crippen LogP contribution >= 0.6 is 15.9 Å². The minimum Gasteiger partial charge on any atom is -0.288 e. The highest BCUT2D eigenvalue weighted by atomic mass is 79.9. The average Bonchev–Trinajstić information content (AvgIpc) is 2.74. The predicted octanol–water partition coefficient (Wildman–Crippen LogP) is 5.07. The van der Waals surface area contributed by atoms with Crippen LogP contribution in [0.5, 0.6) is 0 Å². The molecule has 0 aliphatic carbocycles. The summed E-state index contributed by atoms with van der Waals surface area (Å²) in [7, 11) is -1.99. The molecule has 5 nitrogen and oxygen atoms in total. The van der Waals surface area contributed by atoms with Crippen LogP contribution in [-0.4, -0.2) is 31.4 Å². The molecular weight excluding hydrogens is 464 g/mol. The Balaban J connectivity index is 1.80. The first-order chi connectivity index (χ1) is 14.4. The minimum atomic E-state index is -3.77. The molecule has 0 bridgehead atoms. The molecule has 0 N–H and O–H groups in total. The standard InChI is InChI=1S/C23H23BrN2O3S/c1-17-12-14-19(15-13-17)30(27,28)26-16-22(20-10-6-7-11-21(20)24)29-25(2)23(26)18-8-4-3-5-9-18/h3-15,22-23H,16H2,1-2H3/t22-,23+/m1/s1. The Bertz CT molecular complexity index is 1120. The lowest BCUT2D eigenvalue weighted by Gasteiger charge is -2.44. The number of hydroxylamine groups is 2. The van der Waals surface area contributed by atoms with E-state index < -0.39 is 22.3 Å². The van der Waals surface area contributed by atoms with Gasteiger partial charge in [0.05, 0.1) is 4.90 Å². The van der Waals surface area contributed by atoms with E-state index in [1.807, 2.05) is 73.7 Å². The molecule has 30 heavy (non-hydrogen) atoms. The van der Waals surface area contributed by atoms with Gasteiger partial charge in [0.1, 0.15) is 12.3 Å². The molecule has 1 saturated heterocycles. The zero-order chi connectivity index (χ0) is 21.3. The van der Waals surface area contributed by atoms with Gasteiger partial charge in [0.2, 0.25) is 10.0 Å². The van der Waals surface area contributed by atoms with Gasteiger partial charge in [-0.1, -0.05) is 82.2 Å². The molecule has 156 valence electrons. The fraction of sp³-hybridized carbons (Fsp3) is 0.217. The highest BCUT2D eigenvalue weighted by molar-refractivity contribution is 9.10. The van der Waals surface area contributed by atoms with E-state index in [4.69, 9.17) is 4.84 Å². The van der Waals surface area contributed by atoms with Crippen molar-refractivity contribution in [1.82, 2.24) is 9.37 Å². The number of halogens is 1. The number of benzene rings is 3. The van der Waals surface area contributed by atoms with E-state index >= 15 is 0 Å². The topological polar surface area (TPSA) is 49.9 Å². The normalized spacial score (nSPS) is 20.9. The number of hydrogen-bond donors (Lipinski definition) is 0. The van der Waals surface area contributed by atoms with Gasteiger partial charge in [0.15, 0.2) is 0 Å². The number of hydrogen-bond acceptors (Lipinski definition) is 4. The van der Waals surface area contributed by atoms with E-state index in [0.29, 0.717) is 0 Å². The molecule has 1 aliphatic rings. The van der Waals surface area contributed by atoms with Crippen LogP contribution in [0.1, 0.15) is 29.0 Å². The van der Waals surface area contributed by atoms with Crippen molar-refractivity contribution >= 4 is 26.0 Å². The molecule has 7 heteroatoms. The molecule has 0 radical (unpaired) electrons. The zero-order valence-corrected chi connectivity index (χ0v) is 19.2. The van der Waals surface area contributed by atoms with Gasteiger partial charge in [-0.25, -0.2) is 8.42 Å². The summed E-state index contributed by atoms with van der Waals surface area (Å²) in [6, 6.07) is 24.2. The third-order valence-corrected chi connectivity index (χ3v) is 7.79. The number of nitrogens with zero attached hydrogens (tertiary/aromatic N) is 2. The maximum absolute atomic E-state index is 13.7. The van der Waals surface area contributed by atoms with Crippen molar-refractivity contribution in [2.24, 2.45) is 0 Å². The molecule has 2 atom stereocenters. The second-order valence-corrected chi connectivity index (χ2v) is 10.1. The summed E-state index contributed by atoms with van der Waals surface area (Å²) in [4.78, 5) is 6.47. The van der Waals surface area contributed by atoms with E-state index in [0.717, 1.165) is 21.2 Å². The Morgan fingerprint density at radius 1 is 0.933 bits per heavy atom. The van der Waals surface area contributed by atoms with Crippen molar-refractivity contribution in [2.75, 3.05) is 13.6 Å². The maximum Gasteiger partial charge on any atom is 0.244 e. The van der Waals surface area contributed by atoms with Crippen LogP contribution in [0, 0.1) is 6.92 Å². The van der Waals surface area contributed by atoms with E-state index in [1.54, 1.807) is 24.2 Å². The Morgan fingerprint density at radius 2 is 1.57 bits per heavy atom. The molecule has 1 heterocycles. The van der Waals surface area contributed by atoms with Crippen LogP contribution in [0.25, 0.3) is 0 Å². The first-order valence-electron chi connectivity index (χ1n) is 9.65. The first kappa shape index (κ1) is 21.2. The molecule has 0 saturated carbocycles. The van der Waals surface area contributed by atoms with Gasteiger partial charge < -0.3 is 0 Å². The summed E-state index contributed by atoms with van der Waals surface area (Å²) in [6.45, 7) is 2.14. The van der Waals surface area contributed by atoms with E-state index in [1.165, 1.54) is 4.31 Å². The van der Waals surface area contributed by atoms with E-state index in [9.17, 15) is 8.42 Å². The second-order valence-electron chi connectivity index (χ2n) is 7.33. The summed E-state index contributed by atoms with van der Waals surface area (Å²) in [5.41, 5.74) is 2.76. The van der Waals surface area contributed by atoms with Gasteiger partial charge in [-0.2, -0.15) is 9.37 Å². The number of sulfonamides is 1. The van der Waals surface area contributed by atoms with E-state index in [-0.39, 0.29) is 11.4 Å². The fourth-order valence-electron chi connectivity index (χ4n) is 3.70. The van der Waals surface area contributed by atoms with E-state index in [2.05, 4.69) is 15.9 Å². The molecule has 3 aromatic carbocycles. The Hall–Kier alpha value is -2.03. The molecule has 4 rings (SSSR count). The van der Waals surface area contributed by atoms with Crippen molar-refractivity contribution in [3.8, 4) is 0 Å². The molecule has 1 fully saturated rings. The highest BCUT2D eigenvalue weighted by Crippen LogP contribution is 2.40. The van der Waals surface area contributed by atoms with Gasteiger partial charge in [0, 0.05) is 18.1 Å². The summed E-state index contributed by atoms with van der Waals surface area (Å²) < 4.78 is 29.9. The van der Waals surface area contributed by atoms with Crippen LogP contribution in [0.4, 0.5) is 0 Å². The summed E-state index contributed by atoms with van der Waals surface area (Å²) in [5, 5.41) is 1.63. The monoisotopic (exact) mass is 486 g/mol. The zero-order valence-electron chi connectivity index (χ0n) is 16.8. The second kappa shape index (κ2) is 8.61. The van der Waals surface area contributed by atoms with Crippen LogP contribution in [0.15, 0.2) is 88.2 Å². The summed E-state index contributed by atoms with van der Waals surface area (Å²) >= 11 is 3.57. The summed E-state index contributed by atoms with van der Waals surface area (Å²) in [5.74, 6) is 0. The van der Waals surface area contributed by atoms with Crippen LogP contribution in [0.2, 0.25) is 0 Å². The average molecular weight is 487 g/mol. The largest absolute Gasteiger partial charge is 0.288 e. The molecule has 3 aromatic rings. The lowest BCUT2D eigenvalue weighted by atomic mass is 10.1. The van der Waals surface area contributed by atoms with Crippen molar-refractivity contribution in [2.45, 2.75) is 24.1 Å². The Morgan fingerprint density at radius 3 is 2.23 bits per heavy atom. The van der Waals surface area contributed by atoms with Gasteiger partial charge in [0.25, 0.3) is 0 Å². The number of aryl methyl sites for hydroxylation is 1.